The van der Waals surface area contributed by atoms with Crippen molar-refractivity contribution in [3.05, 3.63) is 34.9 Å². The van der Waals surface area contributed by atoms with Gasteiger partial charge in [-0.05, 0) is 26.0 Å². The maximum absolute atomic E-state index is 10.9. The lowest BCUT2D eigenvalue weighted by molar-refractivity contribution is -0.104. The topological polar surface area (TPSA) is 65.6 Å². The first-order valence-electron chi connectivity index (χ1n) is 3.71. The number of ketones is 1. The quantitative estimate of drug-likeness (QED) is 0.385. The van der Waals surface area contributed by atoms with E-state index < -0.39 is 5.78 Å². The van der Waals surface area contributed by atoms with Crippen molar-refractivity contribution in [1.82, 2.24) is 0 Å². The number of hydrogen-bond donors (Lipinski definition) is 0. The number of hydrogen-bond acceptors (Lipinski definition) is 2. The first-order valence-corrected chi connectivity index (χ1v) is 3.71. The first-order chi connectivity index (χ1) is 5.63. The molecular weight excluding hydrogens is 168 g/mol. The molecule has 0 saturated heterocycles. The zero-order valence-corrected chi connectivity index (χ0v) is 7.63. The molecule has 0 saturated carbocycles. The monoisotopic (exact) mass is 180 g/mol. The third kappa shape index (κ3) is 2.80. The summed E-state index contributed by atoms with van der Waals surface area (Å²) in [7, 11) is 0. The molecule has 1 rings (SSSR count). The Morgan fingerprint density at radius 2 is 1.62 bits per heavy atom. The van der Waals surface area contributed by atoms with Crippen molar-refractivity contribution < 1.29 is 15.1 Å². The van der Waals surface area contributed by atoms with E-state index in [4.69, 9.17) is 0 Å². The largest absolute Gasteiger partial charge is 0.412 e. The lowest BCUT2D eigenvalue weighted by Crippen LogP contribution is -2.00. The first kappa shape index (κ1) is 11.5. The molecule has 0 atom stereocenters. The molecule has 0 heterocycles. The van der Waals surface area contributed by atoms with E-state index in [-0.39, 0.29) is 5.48 Å². The second-order valence-corrected chi connectivity index (χ2v) is 2.86. The molecule has 0 fully saturated rings. The van der Waals surface area contributed by atoms with E-state index in [2.05, 4.69) is 0 Å². The molecule has 70 valence electrons. The van der Waals surface area contributed by atoms with Crippen molar-refractivity contribution in [2.45, 2.75) is 13.8 Å². The van der Waals surface area contributed by atoms with Crippen molar-refractivity contribution in [2.24, 2.45) is 0 Å². The van der Waals surface area contributed by atoms with Crippen LogP contribution >= 0.6 is 0 Å². The Kier molecular flexibility index (Phi) is 4.01. The Hall–Kier alpha value is -1.48. The zero-order valence-electron chi connectivity index (χ0n) is 7.63. The molecule has 0 aliphatic rings. The summed E-state index contributed by atoms with van der Waals surface area (Å²) in [5.74, 6) is -0.457. The lowest BCUT2D eigenvalue weighted by atomic mass is 10.1. The minimum atomic E-state index is -0.457. The molecule has 13 heavy (non-hydrogen) atoms. The van der Waals surface area contributed by atoms with Crippen LogP contribution in [0.25, 0.3) is 0 Å². The second-order valence-electron chi connectivity index (χ2n) is 2.86. The Bertz CT molecular complexity index is 309. The highest BCUT2D eigenvalue weighted by Crippen LogP contribution is 2.08. The predicted octanol–water partition coefficient (Wildman–Crippen LogP) is 0.860. The van der Waals surface area contributed by atoms with Crippen LogP contribution in [-0.2, 0) is 4.79 Å². The van der Waals surface area contributed by atoms with Gasteiger partial charge in [0.1, 0.15) is 0 Å². The minimum Gasteiger partial charge on any atom is -0.412 e. The summed E-state index contributed by atoms with van der Waals surface area (Å²) in [6.07, 6.45) is 0.341. The smallest absolute Gasteiger partial charge is 0.225 e. The van der Waals surface area contributed by atoms with Crippen LogP contribution in [-0.4, -0.2) is 17.5 Å². The highest BCUT2D eigenvalue weighted by molar-refractivity contribution is 6.33. The summed E-state index contributed by atoms with van der Waals surface area (Å²) in [5, 5.41) is 0. The van der Waals surface area contributed by atoms with E-state index in [0.29, 0.717) is 11.8 Å². The fraction of sp³-hybridized carbons (Fsp3) is 0.200. The third-order valence-corrected chi connectivity index (χ3v) is 1.61. The number of Topliss-reactive ketones (excluding diaryl/α,β-unsaturated/α-hetero) is 1. The molecule has 0 aliphatic heterocycles. The van der Waals surface area contributed by atoms with E-state index in [1.165, 1.54) is 0 Å². The van der Waals surface area contributed by atoms with E-state index in [0.717, 1.165) is 11.1 Å². The number of carbonyl (C=O) groups excluding carboxylic acids is 2. The summed E-state index contributed by atoms with van der Waals surface area (Å²) in [4.78, 5) is 21.1. The normalized spacial score (nSPS) is 8.77. The Labute approximate surface area is 76.7 Å². The Balaban J connectivity index is 0.00000144. The molecular formula is C10H12O3. The van der Waals surface area contributed by atoms with Crippen LogP contribution in [0.3, 0.4) is 0 Å². The summed E-state index contributed by atoms with van der Waals surface area (Å²) < 4.78 is 0. The molecule has 2 N–H and O–H groups in total. The molecule has 0 amide bonds. The Morgan fingerprint density at radius 1 is 1.15 bits per heavy atom. The molecule has 3 heteroatoms. The number of carbonyl (C=O) groups is 2. The van der Waals surface area contributed by atoms with Gasteiger partial charge in [-0.15, -0.1) is 0 Å². The fourth-order valence-electron chi connectivity index (χ4n) is 1.18. The fourth-order valence-corrected chi connectivity index (χ4v) is 1.18. The van der Waals surface area contributed by atoms with Gasteiger partial charge < -0.3 is 5.48 Å². The van der Waals surface area contributed by atoms with Crippen molar-refractivity contribution in [1.29, 1.82) is 0 Å². The van der Waals surface area contributed by atoms with Gasteiger partial charge in [-0.3, -0.25) is 9.59 Å². The van der Waals surface area contributed by atoms with Gasteiger partial charge in [-0.1, -0.05) is 17.2 Å². The second kappa shape index (κ2) is 4.52. The number of aryl methyl sites for hydroxylation is 2. The van der Waals surface area contributed by atoms with E-state index in [9.17, 15) is 9.59 Å². The standard InChI is InChI=1S/C10H10O2.H2O/c1-7-3-8(2)5-9(4-7)10(12)6-11;/h3-6H,1-2H3;1H2. The van der Waals surface area contributed by atoms with Crippen LogP contribution in [0.1, 0.15) is 21.5 Å². The number of aldehydes is 1. The van der Waals surface area contributed by atoms with E-state index in [1.54, 1.807) is 12.1 Å². The molecule has 0 spiro atoms. The van der Waals surface area contributed by atoms with Gasteiger partial charge >= 0.3 is 0 Å². The summed E-state index contributed by atoms with van der Waals surface area (Å²) in [5.41, 5.74) is 2.47. The van der Waals surface area contributed by atoms with Crippen molar-refractivity contribution >= 4 is 12.1 Å². The Morgan fingerprint density at radius 3 is 2.00 bits per heavy atom. The molecule has 3 nitrogen and oxygen atoms in total. The van der Waals surface area contributed by atoms with Gasteiger partial charge in [0.2, 0.25) is 5.78 Å². The van der Waals surface area contributed by atoms with Gasteiger partial charge in [-0.2, -0.15) is 0 Å². The van der Waals surface area contributed by atoms with Crippen LogP contribution in [0.5, 0.6) is 0 Å². The van der Waals surface area contributed by atoms with Crippen molar-refractivity contribution in [3.8, 4) is 0 Å². The van der Waals surface area contributed by atoms with Crippen LogP contribution in [0.4, 0.5) is 0 Å². The van der Waals surface area contributed by atoms with Gasteiger partial charge in [0.05, 0.1) is 0 Å². The van der Waals surface area contributed by atoms with Crippen LogP contribution < -0.4 is 0 Å². The average molecular weight is 180 g/mol. The SMILES string of the molecule is Cc1cc(C)cc(C(=O)C=O)c1.O. The summed E-state index contributed by atoms with van der Waals surface area (Å²) in [6.45, 7) is 3.79. The molecule has 1 aromatic carbocycles. The maximum atomic E-state index is 10.9. The van der Waals surface area contributed by atoms with Gasteiger partial charge in [0.15, 0.2) is 6.29 Å². The molecule has 0 aliphatic carbocycles. The van der Waals surface area contributed by atoms with Gasteiger partial charge in [0, 0.05) is 5.56 Å². The highest BCUT2D eigenvalue weighted by atomic mass is 16.2. The maximum Gasteiger partial charge on any atom is 0.225 e. The minimum absolute atomic E-state index is 0. The third-order valence-electron chi connectivity index (χ3n) is 1.61. The lowest BCUT2D eigenvalue weighted by Gasteiger charge is -1.99. The van der Waals surface area contributed by atoms with E-state index >= 15 is 0 Å². The molecule has 0 aromatic heterocycles. The predicted molar refractivity (Wildman–Crippen MR) is 49.9 cm³/mol. The highest BCUT2D eigenvalue weighted by Gasteiger charge is 2.03. The molecule has 1 aromatic rings. The molecule has 0 bridgehead atoms. The zero-order chi connectivity index (χ0) is 9.14. The number of rotatable bonds is 2. The number of benzene rings is 1. The van der Waals surface area contributed by atoms with Crippen LogP contribution in [0.15, 0.2) is 18.2 Å². The molecule has 0 radical (unpaired) electrons. The van der Waals surface area contributed by atoms with Crippen LogP contribution in [0, 0.1) is 13.8 Å². The summed E-state index contributed by atoms with van der Waals surface area (Å²) in [6, 6.07) is 5.38. The van der Waals surface area contributed by atoms with Gasteiger partial charge in [-0.25, -0.2) is 0 Å². The average Bonchev–Trinajstić information content (AvgIpc) is 2.01. The molecule has 0 unspecified atom stereocenters. The van der Waals surface area contributed by atoms with Crippen molar-refractivity contribution in [3.63, 3.8) is 0 Å². The summed E-state index contributed by atoms with van der Waals surface area (Å²) >= 11 is 0. The van der Waals surface area contributed by atoms with Crippen LogP contribution in [0.2, 0.25) is 0 Å². The van der Waals surface area contributed by atoms with Gasteiger partial charge in [0.25, 0.3) is 0 Å². The van der Waals surface area contributed by atoms with E-state index in [1.807, 2.05) is 19.9 Å². The van der Waals surface area contributed by atoms with Crippen molar-refractivity contribution in [2.75, 3.05) is 0 Å².